The Morgan fingerprint density at radius 2 is 1.13 bits per heavy atom. The Morgan fingerprint density at radius 3 is 1.47 bits per heavy atom. The Morgan fingerprint density at radius 1 is 0.745 bits per heavy atom. The van der Waals surface area contributed by atoms with Crippen molar-refractivity contribution in [3.8, 4) is 0 Å². The van der Waals surface area contributed by atoms with Gasteiger partial charge in [0.05, 0.1) is 17.2 Å². The maximum absolute atomic E-state index is 13.4. The molecule has 8 nitrogen and oxygen atoms in total. The lowest BCUT2D eigenvalue weighted by Gasteiger charge is -2.27. The van der Waals surface area contributed by atoms with Gasteiger partial charge in [-0.25, -0.2) is 8.78 Å². The van der Waals surface area contributed by atoms with Crippen LogP contribution in [0.25, 0.3) is 0 Å². The predicted molar refractivity (Wildman–Crippen MR) is 192 cm³/mol. The minimum absolute atomic E-state index is 0. The number of rotatable bonds is 16. The van der Waals surface area contributed by atoms with Gasteiger partial charge in [0.2, 0.25) is 11.8 Å². The molecule has 2 rings (SSSR count). The smallest absolute Gasteiger partial charge is 0.305 e. The second-order valence-corrected chi connectivity index (χ2v) is 11.4. The number of hydrogen-bond acceptors (Lipinski definition) is 5. The number of methoxy groups -OCH3 is 1. The monoisotopic (exact) mass is 740 g/mol. The number of carboxylic acids is 1. The minimum atomic E-state index is -0.870. The number of halogens is 4. The van der Waals surface area contributed by atoms with Crippen LogP contribution in [0.1, 0.15) is 76.3 Å². The topological polar surface area (TPSA) is 104 Å². The summed E-state index contributed by atoms with van der Waals surface area (Å²) < 4.78 is 31.3. The summed E-state index contributed by atoms with van der Waals surface area (Å²) >= 11 is 11.8. The average Bonchev–Trinajstić information content (AvgIpc) is 3.02. The van der Waals surface area contributed by atoms with Crippen LogP contribution in [0.3, 0.4) is 0 Å². The van der Waals surface area contributed by atoms with Gasteiger partial charge in [0.25, 0.3) is 0 Å². The van der Waals surface area contributed by atoms with Gasteiger partial charge in [0.1, 0.15) is 11.6 Å². The molecule has 0 bridgehead atoms. The van der Waals surface area contributed by atoms with Gasteiger partial charge in [-0.15, -0.1) is 0 Å². The molecule has 47 heavy (non-hydrogen) atoms. The number of aliphatic carboxylic acids is 1. The third-order valence-electron chi connectivity index (χ3n) is 7.71. The van der Waals surface area contributed by atoms with E-state index in [1.807, 2.05) is 13.8 Å². The highest BCUT2D eigenvalue weighted by atomic mass is 35.5. The van der Waals surface area contributed by atoms with E-state index in [1.54, 1.807) is 48.2 Å². The first-order chi connectivity index (χ1) is 21.3. The number of esters is 1. The fourth-order valence-corrected chi connectivity index (χ4v) is 5.19. The van der Waals surface area contributed by atoms with Gasteiger partial charge < -0.3 is 19.6 Å². The molecule has 2 aromatic rings. The van der Waals surface area contributed by atoms with Crippen LogP contribution in [0, 0.1) is 11.6 Å². The number of benzene rings is 2. The van der Waals surface area contributed by atoms with Gasteiger partial charge >= 0.3 is 11.9 Å². The first kappa shape index (κ1) is 46.6. The highest BCUT2D eigenvalue weighted by molar-refractivity contribution is 7.59. The molecule has 2 atom stereocenters. The maximum atomic E-state index is 13.4. The van der Waals surface area contributed by atoms with E-state index in [0.29, 0.717) is 43.2 Å². The van der Waals surface area contributed by atoms with Crippen molar-refractivity contribution in [1.29, 1.82) is 0 Å². The minimum Gasteiger partial charge on any atom is -0.481 e. The Kier molecular flexibility index (Phi) is 24.4. The molecule has 1 N–H and O–H groups in total. The third kappa shape index (κ3) is 16.4. The van der Waals surface area contributed by atoms with E-state index in [4.69, 9.17) is 28.3 Å². The molecule has 0 saturated heterocycles. The Hall–Kier alpha value is -2.54. The van der Waals surface area contributed by atoms with Crippen LogP contribution < -0.4 is 0 Å². The number of carbonyl (C=O) groups is 4. The summed E-state index contributed by atoms with van der Waals surface area (Å²) in [6, 6.07) is 8.99. The molecule has 0 radical (unpaired) electrons. The zero-order valence-electron chi connectivity index (χ0n) is 27.6. The fourth-order valence-electron chi connectivity index (χ4n) is 4.75. The number of amides is 2. The molecule has 2 amide bonds. The molecule has 0 aromatic heterocycles. The van der Waals surface area contributed by atoms with Gasteiger partial charge in [-0.05, 0) is 61.8 Å². The van der Waals surface area contributed by atoms with Crippen LogP contribution in [-0.4, -0.2) is 71.9 Å². The number of aryl methyl sites for hydroxylation is 2. The zero-order chi connectivity index (χ0) is 34.1. The molecule has 0 aliphatic carbocycles. The van der Waals surface area contributed by atoms with Crippen LogP contribution in [0.15, 0.2) is 36.4 Å². The number of nitrogens with zero attached hydrogens (tertiary/aromatic N) is 2. The number of hydrogen-bond donors (Lipinski definition) is 1. The Labute approximate surface area is 301 Å². The first-order valence-electron chi connectivity index (χ1n) is 14.9. The zero-order valence-corrected chi connectivity index (χ0v) is 31.1. The van der Waals surface area contributed by atoms with E-state index in [1.165, 1.54) is 19.2 Å². The van der Waals surface area contributed by atoms with Crippen LogP contribution >= 0.6 is 50.2 Å². The highest BCUT2D eigenvalue weighted by Crippen LogP contribution is 2.23. The lowest BCUT2D eigenvalue weighted by atomic mass is 10.1. The van der Waals surface area contributed by atoms with Crippen molar-refractivity contribution < 1.29 is 37.8 Å². The molecule has 266 valence electrons. The average molecular weight is 742 g/mol. The molecule has 0 unspecified atom stereocenters. The molecule has 0 fully saturated rings. The van der Waals surface area contributed by atoms with Crippen LogP contribution in [-0.2, 0) is 36.8 Å². The summed E-state index contributed by atoms with van der Waals surface area (Å²) in [6.07, 6.45) is 3.94. The Balaban J connectivity index is 0. The third-order valence-corrected chi connectivity index (χ3v) is 8.55. The van der Waals surface area contributed by atoms with Crippen molar-refractivity contribution in [2.24, 2.45) is 0 Å². The molecule has 2 aromatic carbocycles. The molecular formula is C33H48Cl2F2N2O6S2. The quantitative estimate of drug-likeness (QED) is 0.181. The molecule has 0 saturated carbocycles. The molecular weight excluding hydrogens is 693 g/mol. The molecule has 14 heteroatoms. The second-order valence-electron chi connectivity index (χ2n) is 10.6. The van der Waals surface area contributed by atoms with Crippen molar-refractivity contribution >= 4 is 73.9 Å². The van der Waals surface area contributed by atoms with Gasteiger partial charge in [0, 0.05) is 51.9 Å². The Bertz CT molecular complexity index is 1290. The fraction of sp³-hybridized carbons (Fsp3) is 0.515. The lowest BCUT2D eigenvalue weighted by molar-refractivity contribution is -0.142. The predicted octanol–water partition coefficient (Wildman–Crippen LogP) is 7.34. The molecule has 0 aliphatic rings. The number of carbonyl (C=O) groups excluding carboxylic acids is 3. The van der Waals surface area contributed by atoms with Crippen molar-refractivity contribution in [2.45, 2.75) is 90.1 Å². The number of ether oxygens (including phenoxy) is 1. The van der Waals surface area contributed by atoms with E-state index in [9.17, 15) is 28.0 Å². The lowest BCUT2D eigenvalue weighted by Crippen LogP contribution is -2.37. The summed E-state index contributed by atoms with van der Waals surface area (Å²) in [5.74, 6) is -2.27. The largest absolute Gasteiger partial charge is 0.481 e. The van der Waals surface area contributed by atoms with Gasteiger partial charge in [0.15, 0.2) is 0 Å². The van der Waals surface area contributed by atoms with E-state index >= 15 is 0 Å². The van der Waals surface area contributed by atoms with Crippen molar-refractivity contribution in [2.75, 3.05) is 21.2 Å². The number of carboxylic acid groups (broad SMARTS) is 1. The van der Waals surface area contributed by atoms with Gasteiger partial charge in [-0.3, -0.25) is 19.2 Å². The van der Waals surface area contributed by atoms with Crippen LogP contribution in [0.4, 0.5) is 8.78 Å². The highest BCUT2D eigenvalue weighted by Gasteiger charge is 2.21. The van der Waals surface area contributed by atoms with Gasteiger partial charge in [-0.1, -0.05) is 61.3 Å². The summed E-state index contributed by atoms with van der Waals surface area (Å²) in [5, 5.41) is 8.86. The molecule has 0 spiro atoms. The van der Waals surface area contributed by atoms with Crippen LogP contribution in [0.5, 0.6) is 0 Å². The summed E-state index contributed by atoms with van der Waals surface area (Å²) in [5.41, 5.74) is 1.22. The normalized spacial score (nSPS) is 11.4. The molecule has 0 aliphatic heterocycles. The molecule has 0 heterocycles. The maximum Gasteiger partial charge on any atom is 0.305 e. The standard InChI is InChI=1S/C17H23ClFNO3.C16H21ClFNO3.2H2S/c1-4-13(9-11-16(22)23-3)20(2)15(21)10-8-12-6-5-7-14(19)17(12)18;1-3-12(8-10-15(21)22)19(2)14(20)9-7-11-5-4-6-13(18)16(11)17;;/h5-7,13H,4,8-11H2,1-3H3;4-6,12H,3,7-10H2,1-2H3,(H,21,22);2*1H2/t13-;12-;;/m11../s1. The van der Waals surface area contributed by atoms with Gasteiger partial charge in [-0.2, -0.15) is 27.0 Å². The second kappa shape index (κ2) is 24.6. The summed E-state index contributed by atoms with van der Waals surface area (Å²) in [4.78, 5) is 49.6. The SMILES string of the molecule is CC[C@H](CCC(=O)O)N(C)C(=O)CCc1cccc(F)c1Cl.CC[C@H](CCC(=O)OC)N(C)C(=O)CCc1cccc(F)c1Cl.S.S. The van der Waals surface area contributed by atoms with E-state index in [2.05, 4.69) is 4.74 Å². The summed E-state index contributed by atoms with van der Waals surface area (Å²) in [6.45, 7) is 3.88. The van der Waals surface area contributed by atoms with E-state index in [-0.39, 0.29) is 92.6 Å². The summed E-state index contributed by atoms with van der Waals surface area (Å²) in [7, 11) is 4.74. The van der Waals surface area contributed by atoms with E-state index < -0.39 is 17.6 Å². The van der Waals surface area contributed by atoms with Crippen molar-refractivity contribution in [1.82, 2.24) is 9.80 Å². The van der Waals surface area contributed by atoms with E-state index in [0.717, 1.165) is 6.42 Å². The van der Waals surface area contributed by atoms with Crippen LogP contribution in [0.2, 0.25) is 10.0 Å². The first-order valence-corrected chi connectivity index (χ1v) is 15.7. The van der Waals surface area contributed by atoms with Crippen molar-refractivity contribution in [3.05, 3.63) is 69.2 Å². The van der Waals surface area contributed by atoms with Crippen molar-refractivity contribution in [3.63, 3.8) is 0 Å².